The first kappa shape index (κ1) is 20.0. The molecule has 0 spiro atoms. The highest BCUT2D eigenvalue weighted by atomic mass is 32.1. The van der Waals surface area contributed by atoms with Gasteiger partial charge in [-0.2, -0.15) is 0 Å². The second-order valence-corrected chi connectivity index (χ2v) is 8.44. The van der Waals surface area contributed by atoms with Crippen LogP contribution in [0.4, 0.5) is 5.69 Å². The summed E-state index contributed by atoms with van der Waals surface area (Å²) in [7, 11) is 0. The molecule has 1 aliphatic rings. The van der Waals surface area contributed by atoms with E-state index in [1.165, 1.54) is 11.3 Å². The van der Waals surface area contributed by atoms with Crippen LogP contribution >= 0.6 is 11.3 Å². The number of hydrogen-bond donors (Lipinski definition) is 4. The van der Waals surface area contributed by atoms with Crippen molar-refractivity contribution in [3.05, 3.63) is 58.6 Å². The summed E-state index contributed by atoms with van der Waals surface area (Å²) in [5, 5.41) is 6.21. The predicted molar refractivity (Wildman–Crippen MR) is 115 cm³/mol. The number of nitrogens with one attached hydrogen (secondary N) is 2. The highest BCUT2D eigenvalue weighted by Crippen LogP contribution is 2.35. The third kappa shape index (κ3) is 4.17. The summed E-state index contributed by atoms with van der Waals surface area (Å²) in [5.41, 5.74) is 12.5. The van der Waals surface area contributed by atoms with Gasteiger partial charge in [-0.25, -0.2) is 4.98 Å². The fraction of sp³-hybridized carbons (Fsp3) is 0.238. The molecule has 0 saturated heterocycles. The number of fused-ring (bicyclic) bond motifs is 1. The summed E-state index contributed by atoms with van der Waals surface area (Å²) in [6.07, 6.45) is 1.17. The van der Waals surface area contributed by atoms with E-state index in [9.17, 15) is 14.4 Å². The molecule has 30 heavy (non-hydrogen) atoms. The molecule has 8 nitrogen and oxygen atoms in total. The van der Waals surface area contributed by atoms with Gasteiger partial charge in [0.15, 0.2) is 0 Å². The summed E-state index contributed by atoms with van der Waals surface area (Å²) < 4.78 is 1.02. The van der Waals surface area contributed by atoms with Gasteiger partial charge in [0.05, 0.1) is 16.6 Å². The monoisotopic (exact) mass is 423 g/mol. The van der Waals surface area contributed by atoms with Gasteiger partial charge in [0, 0.05) is 17.8 Å². The molecule has 154 valence electrons. The number of hydrogen-bond acceptors (Lipinski definition) is 6. The molecule has 1 saturated carbocycles. The first-order chi connectivity index (χ1) is 14.4. The van der Waals surface area contributed by atoms with E-state index in [0.29, 0.717) is 34.7 Å². The van der Waals surface area contributed by atoms with Crippen LogP contribution in [0.2, 0.25) is 0 Å². The van der Waals surface area contributed by atoms with Crippen LogP contribution in [0.5, 0.6) is 0 Å². The van der Waals surface area contributed by atoms with E-state index in [1.807, 2.05) is 24.3 Å². The Balaban J connectivity index is 1.49. The molecule has 1 fully saturated rings. The molecule has 0 bridgehead atoms. The Hall–Kier alpha value is -3.30. The van der Waals surface area contributed by atoms with Crippen molar-refractivity contribution in [2.75, 3.05) is 5.32 Å². The number of nitrogens with two attached hydrogens (primary N) is 2. The minimum Gasteiger partial charge on any atom is -0.368 e. The molecule has 0 atom stereocenters. The molecule has 3 aromatic rings. The van der Waals surface area contributed by atoms with Crippen LogP contribution in [0.25, 0.3) is 10.2 Å². The van der Waals surface area contributed by atoms with Crippen molar-refractivity contribution in [1.82, 2.24) is 10.3 Å². The zero-order valence-corrected chi connectivity index (χ0v) is 16.9. The van der Waals surface area contributed by atoms with Crippen molar-refractivity contribution >= 4 is 45.0 Å². The first-order valence-electron chi connectivity index (χ1n) is 9.49. The molecular formula is C21H21N5O3S. The number of carbonyl (C=O) groups is 3. The molecule has 0 unspecified atom stereocenters. The Morgan fingerprint density at radius 1 is 1.13 bits per heavy atom. The Kier molecular flexibility index (Phi) is 5.23. The number of primary amides is 1. The molecule has 1 aromatic heterocycles. The van der Waals surface area contributed by atoms with Gasteiger partial charge in [-0.1, -0.05) is 12.1 Å². The van der Waals surface area contributed by atoms with Gasteiger partial charge < -0.3 is 22.1 Å². The number of carbonyl (C=O) groups excluding carboxylic acids is 3. The zero-order chi connectivity index (χ0) is 21.3. The average molecular weight is 423 g/mol. The van der Waals surface area contributed by atoms with E-state index in [4.69, 9.17) is 11.5 Å². The molecule has 1 aliphatic carbocycles. The lowest BCUT2D eigenvalue weighted by atomic mass is 10.1. The molecule has 4 rings (SSSR count). The maximum absolute atomic E-state index is 12.6. The second-order valence-electron chi connectivity index (χ2n) is 7.32. The summed E-state index contributed by atoms with van der Waals surface area (Å²) in [6, 6.07) is 12.6. The maximum Gasteiger partial charge on any atom is 0.252 e. The molecule has 6 N–H and O–H groups in total. The number of benzene rings is 2. The van der Waals surface area contributed by atoms with E-state index < -0.39 is 17.4 Å². The van der Waals surface area contributed by atoms with Gasteiger partial charge in [0.25, 0.3) is 5.91 Å². The molecule has 2 aromatic carbocycles. The minimum atomic E-state index is -0.966. The Morgan fingerprint density at radius 3 is 2.57 bits per heavy atom. The van der Waals surface area contributed by atoms with Gasteiger partial charge in [-0.3, -0.25) is 14.4 Å². The lowest BCUT2D eigenvalue weighted by Crippen LogP contribution is -2.46. The van der Waals surface area contributed by atoms with Gasteiger partial charge in [-0.15, -0.1) is 11.3 Å². The normalized spacial score (nSPS) is 14.3. The quantitative estimate of drug-likeness (QED) is 0.458. The SMILES string of the molecule is NCc1cc(NC(=O)Cc2nc3ccccc3s2)cc(C(=O)NC2(C(N)=O)CC2)c1. The number of thiazole rings is 1. The maximum atomic E-state index is 12.6. The van der Waals surface area contributed by atoms with Crippen molar-refractivity contribution in [3.63, 3.8) is 0 Å². The zero-order valence-electron chi connectivity index (χ0n) is 16.1. The van der Waals surface area contributed by atoms with Crippen molar-refractivity contribution < 1.29 is 14.4 Å². The summed E-state index contributed by atoms with van der Waals surface area (Å²) in [5.74, 6) is -1.22. The van der Waals surface area contributed by atoms with Gasteiger partial charge in [-0.05, 0) is 48.7 Å². The number of rotatable bonds is 7. The molecule has 1 heterocycles. The topological polar surface area (TPSA) is 140 Å². The van der Waals surface area contributed by atoms with E-state index in [0.717, 1.165) is 10.2 Å². The van der Waals surface area contributed by atoms with Crippen molar-refractivity contribution in [1.29, 1.82) is 0 Å². The molecular weight excluding hydrogens is 402 g/mol. The second kappa shape index (κ2) is 7.85. The fourth-order valence-electron chi connectivity index (χ4n) is 3.20. The predicted octanol–water partition coefficient (Wildman–Crippen LogP) is 1.68. The Labute approximate surface area is 176 Å². The van der Waals surface area contributed by atoms with Crippen molar-refractivity contribution in [3.8, 4) is 0 Å². The number of anilines is 1. The number of para-hydroxylation sites is 1. The largest absolute Gasteiger partial charge is 0.368 e. The lowest BCUT2D eigenvalue weighted by molar-refractivity contribution is -0.120. The van der Waals surface area contributed by atoms with E-state index in [1.54, 1.807) is 18.2 Å². The van der Waals surface area contributed by atoms with Crippen LogP contribution in [0.15, 0.2) is 42.5 Å². The third-order valence-corrected chi connectivity index (χ3v) is 6.04. The Bertz CT molecular complexity index is 1120. The summed E-state index contributed by atoms with van der Waals surface area (Å²) >= 11 is 1.47. The molecule has 0 aliphatic heterocycles. The van der Waals surface area contributed by atoms with Crippen LogP contribution in [-0.2, 0) is 22.6 Å². The molecule has 0 radical (unpaired) electrons. The first-order valence-corrected chi connectivity index (χ1v) is 10.3. The van der Waals surface area contributed by atoms with Crippen LogP contribution in [0.3, 0.4) is 0 Å². The van der Waals surface area contributed by atoms with Crippen LogP contribution < -0.4 is 22.1 Å². The van der Waals surface area contributed by atoms with Crippen LogP contribution in [0, 0.1) is 0 Å². The van der Waals surface area contributed by atoms with Gasteiger partial charge in [0.2, 0.25) is 11.8 Å². The van der Waals surface area contributed by atoms with E-state index in [2.05, 4.69) is 15.6 Å². The summed E-state index contributed by atoms with van der Waals surface area (Å²) in [4.78, 5) is 41.2. The average Bonchev–Trinajstić information content (AvgIpc) is 3.39. The smallest absolute Gasteiger partial charge is 0.252 e. The minimum absolute atomic E-state index is 0.124. The highest BCUT2D eigenvalue weighted by Gasteiger charge is 2.49. The van der Waals surface area contributed by atoms with Crippen LogP contribution in [0.1, 0.15) is 33.8 Å². The lowest BCUT2D eigenvalue weighted by Gasteiger charge is -2.15. The van der Waals surface area contributed by atoms with Gasteiger partial charge in [0.1, 0.15) is 10.5 Å². The van der Waals surface area contributed by atoms with E-state index >= 15 is 0 Å². The molecule has 3 amide bonds. The highest BCUT2D eigenvalue weighted by molar-refractivity contribution is 7.18. The van der Waals surface area contributed by atoms with Crippen LogP contribution in [-0.4, -0.2) is 28.2 Å². The molecule has 9 heteroatoms. The number of nitrogens with zero attached hydrogens (tertiary/aromatic N) is 1. The fourth-order valence-corrected chi connectivity index (χ4v) is 4.16. The van der Waals surface area contributed by atoms with Gasteiger partial charge >= 0.3 is 0 Å². The van der Waals surface area contributed by atoms with Crippen molar-refractivity contribution in [2.24, 2.45) is 11.5 Å². The standard InChI is InChI=1S/C21H21N5O3S/c22-11-12-7-13(19(28)26-21(5-6-21)20(23)29)9-14(8-12)24-17(27)10-18-25-15-3-1-2-4-16(15)30-18/h1-4,7-9H,5-6,10-11,22H2,(H2,23,29)(H,24,27)(H,26,28). The summed E-state index contributed by atoms with van der Waals surface area (Å²) in [6.45, 7) is 0.197. The van der Waals surface area contributed by atoms with E-state index in [-0.39, 0.29) is 18.9 Å². The Morgan fingerprint density at radius 2 is 1.90 bits per heavy atom. The number of amides is 3. The number of aromatic nitrogens is 1. The third-order valence-electron chi connectivity index (χ3n) is 5.00. The van der Waals surface area contributed by atoms with Crippen molar-refractivity contribution in [2.45, 2.75) is 31.3 Å².